The van der Waals surface area contributed by atoms with E-state index < -0.39 is 16.5 Å². The third kappa shape index (κ3) is 2.67. The standard InChI is InChI=1S/C11H8N2O3S/c14-11(13-17(15)16)12-10-7-3-5-8-4-1-2-6-9(8)10/h1-7H,(H,12,14). The summed E-state index contributed by atoms with van der Waals surface area (Å²) in [4.78, 5) is 11.2. The summed E-state index contributed by atoms with van der Waals surface area (Å²) in [6.45, 7) is 0. The van der Waals surface area contributed by atoms with Crippen LogP contribution in [-0.4, -0.2) is 14.4 Å². The van der Waals surface area contributed by atoms with Crippen molar-refractivity contribution in [3.8, 4) is 0 Å². The SMILES string of the molecule is O=C(N=S(=O)=O)Nc1cccc2ccccc12. The Morgan fingerprint density at radius 3 is 2.53 bits per heavy atom. The molecule has 0 saturated carbocycles. The highest BCUT2D eigenvalue weighted by Gasteiger charge is 2.03. The van der Waals surface area contributed by atoms with Gasteiger partial charge in [0, 0.05) is 5.39 Å². The van der Waals surface area contributed by atoms with E-state index in [2.05, 4.69) is 9.68 Å². The van der Waals surface area contributed by atoms with Crippen molar-refractivity contribution in [2.75, 3.05) is 5.32 Å². The smallest absolute Gasteiger partial charge is 0.305 e. The molecule has 0 radical (unpaired) electrons. The van der Waals surface area contributed by atoms with Gasteiger partial charge in [0.1, 0.15) is 0 Å². The first-order valence-corrected chi connectivity index (χ1v) is 5.80. The predicted molar refractivity (Wildman–Crippen MR) is 64.3 cm³/mol. The van der Waals surface area contributed by atoms with Gasteiger partial charge in [-0.15, -0.1) is 0 Å². The monoisotopic (exact) mass is 248 g/mol. The van der Waals surface area contributed by atoms with Crippen molar-refractivity contribution in [3.05, 3.63) is 42.5 Å². The lowest BCUT2D eigenvalue weighted by Crippen LogP contribution is -2.05. The van der Waals surface area contributed by atoms with Crippen LogP contribution < -0.4 is 5.32 Å². The number of hydrogen-bond acceptors (Lipinski definition) is 3. The minimum atomic E-state index is -2.74. The van der Waals surface area contributed by atoms with E-state index in [0.717, 1.165) is 10.8 Å². The van der Waals surface area contributed by atoms with Crippen LogP contribution in [0.2, 0.25) is 0 Å². The number of nitrogens with one attached hydrogen (secondary N) is 1. The Morgan fingerprint density at radius 1 is 1.06 bits per heavy atom. The molecule has 0 heterocycles. The largest absolute Gasteiger partial charge is 0.360 e. The molecule has 2 aromatic rings. The van der Waals surface area contributed by atoms with Gasteiger partial charge in [0.15, 0.2) is 0 Å². The Labute approximate surface area is 98.8 Å². The fourth-order valence-corrected chi connectivity index (χ4v) is 1.72. The van der Waals surface area contributed by atoms with Gasteiger partial charge in [-0.2, -0.15) is 8.42 Å². The number of rotatable bonds is 1. The molecular formula is C11H8N2O3S. The molecule has 0 spiro atoms. The Balaban J connectivity index is 2.43. The van der Waals surface area contributed by atoms with Crippen molar-refractivity contribution in [2.45, 2.75) is 0 Å². The van der Waals surface area contributed by atoms with Crippen molar-refractivity contribution < 1.29 is 13.2 Å². The maximum absolute atomic E-state index is 11.2. The summed E-state index contributed by atoms with van der Waals surface area (Å²) in [5.41, 5.74) is 0.530. The molecule has 0 bridgehead atoms. The minimum absolute atomic E-state index is 0.530. The van der Waals surface area contributed by atoms with Crippen LogP contribution in [0.5, 0.6) is 0 Å². The van der Waals surface area contributed by atoms with Gasteiger partial charge < -0.3 is 5.32 Å². The summed E-state index contributed by atoms with van der Waals surface area (Å²) in [6, 6.07) is 11.9. The number of fused-ring (bicyclic) bond motifs is 1. The number of carbonyl (C=O) groups is 1. The number of carbonyl (C=O) groups excluding carboxylic acids is 1. The lowest BCUT2D eigenvalue weighted by molar-refractivity contribution is 0.260. The number of amides is 2. The number of benzene rings is 2. The lowest BCUT2D eigenvalue weighted by atomic mass is 10.1. The van der Waals surface area contributed by atoms with Crippen LogP contribution in [0, 0.1) is 0 Å². The first-order chi connectivity index (χ1) is 8.16. The fraction of sp³-hybridized carbons (Fsp3) is 0. The van der Waals surface area contributed by atoms with Crippen molar-refractivity contribution in [1.82, 2.24) is 0 Å². The Bertz CT molecular complexity index is 694. The highest BCUT2D eigenvalue weighted by Crippen LogP contribution is 2.22. The summed E-state index contributed by atoms with van der Waals surface area (Å²) in [5, 5.41) is 4.20. The van der Waals surface area contributed by atoms with E-state index in [1.165, 1.54) is 0 Å². The molecular weight excluding hydrogens is 240 g/mol. The molecule has 2 amide bonds. The molecule has 1 N–H and O–H groups in total. The van der Waals surface area contributed by atoms with Gasteiger partial charge in [-0.1, -0.05) is 40.8 Å². The predicted octanol–water partition coefficient (Wildman–Crippen LogP) is 2.43. The molecule has 0 aliphatic heterocycles. The van der Waals surface area contributed by atoms with Crippen LogP contribution in [0.3, 0.4) is 0 Å². The zero-order chi connectivity index (χ0) is 12.3. The third-order valence-electron chi connectivity index (χ3n) is 2.19. The minimum Gasteiger partial charge on any atom is -0.305 e. The second-order valence-corrected chi connectivity index (χ2v) is 3.88. The average molecular weight is 248 g/mol. The van der Waals surface area contributed by atoms with Gasteiger partial charge in [-0.3, -0.25) is 0 Å². The zero-order valence-electron chi connectivity index (χ0n) is 8.62. The van der Waals surface area contributed by atoms with E-state index >= 15 is 0 Å². The number of anilines is 1. The van der Waals surface area contributed by atoms with Crippen LogP contribution >= 0.6 is 0 Å². The van der Waals surface area contributed by atoms with Crippen molar-refractivity contribution in [1.29, 1.82) is 0 Å². The highest BCUT2D eigenvalue weighted by molar-refractivity contribution is 7.62. The van der Waals surface area contributed by atoms with Crippen LogP contribution in [0.25, 0.3) is 10.8 Å². The summed E-state index contributed by atoms with van der Waals surface area (Å²) < 4.78 is 23.3. The van der Waals surface area contributed by atoms with E-state index in [1.54, 1.807) is 12.1 Å². The summed E-state index contributed by atoms with van der Waals surface area (Å²) >= 11 is 0. The molecule has 0 aliphatic carbocycles. The van der Waals surface area contributed by atoms with Crippen LogP contribution in [0.1, 0.15) is 0 Å². The molecule has 0 aromatic heterocycles. The quantitative estimate of drug-likeness (QED) is 0.842. The van der Waals surface area contributed by atoms with E-state index in [1.807, 2.05) is 30.3 Å². The van der Waals surface area contributed by atoms with Crippen LogP contribution in [0.15, 0.2) is 46.8 Å². The Kier molecular flexibility index (Phi) is 3.15. The van der Waals surface area contributed by atoms with Gasteiger partial charge in [0.25, 0.3) is 0 Å². The van der Waals surface area contributed by atoms with Gasteiger partial charge in [-0.25, -0.2) is 4.79 Å². The Hall–Kier alpha value is -2.21. The van der Waals surface area contributed by atoms with Crippen molar-refractivity contribution >= 4 is 33.0 Å². The van der Waals surface area contributed by atoms with E-state index in [9.17, 15) is 13.2 Å². The molecule has 86 valence electrons. The molecule has 0 aliphatic rings. The second kappa shape index (κ2) is 4.75. The summed E-state index contributed by atoms with van der Waals surface area (Å²) in [6.07, 6.45) is 0. The van der Waals surface area contributed by atoms with Gasteiger partial charge in [-0.05, 0) is 11.5 Å². The molecule has 0 atom stereocenters. The van der Waals surface area contributed by atoms with E-state index in [-0.39, 0.29) is 0 Å². The molecule has 17 heavy (non-hydrogen) atoms. The molecule has 0 fully saturated rings. The summed E-state index contributed by atoms with van der Waals surface area (Å²) in [5.74, 6) is 0. The molecule has 2 aromatic carbocycles. The lowest BCUT2D eigenvalue weighted by Gasteiger charge is -2.05. The van der Waals surface area contributed by atoms with Crippen molar-refractivity contribution in [2.24, 2.45) is 4.36 Å². The first kappa shape index (κ1) is 11.3. The first-order valence-electron chi connectivity index (χ1n) is 4.77. The van der Waals surface area contributed by atoms with Gasteiger partial charge in [0.2, 0.25) is 0 Å². The second-order valence-electron chi connectivity index (χ2n) is 3.27. The molecule has 6 heteroatoms. The molecule has 0 saturated heterocycles. The fourth-order valence-electron chi connectivity index (χ4n) is 1.54. The maximum atomic E-state index is 11.2. The van der Waals surface area contributed by atoms with Crippen LogP contribution in [0.4, 0.5) is 10.5 Å². The summed E-state index contributed by atoms with van der Waals surface area (Å²) in [7, 11) is -2.74. The van der Waals surface area contributed by atoms with Gasteiger partial charge >= 0.3 is 16.5 Å². The van der Waals surface area contributed by atoms with E-state index in [4.69, 9.17) is 0 Å². The maximum Gasteiger partial charge on any atom is 0.360 e. The number of hydrogen-bond donors (Lipinski definition) is 1. The number of urea groups is 1. The number of nitrogens with zero attached hydrogens (tertiary/aromatic N) is 1. The van der Waals surface area contributed by atoms with Gasteiger partial charge in [0.05, 0.1) is 5.69 Å². The zero-order valence-corrected chi connectivity index (χ0v) is 9.44. The molecule has 5 nitrogen and oxygen atoms in total. The Morgan fingerprint density at radius 2 is 1.76 bits per heavy atom. The normalized spacial score (nSPS) is 9.88. The molecule has 0 unspecified atom stereocenters. The molecule has 2 rings (SSSR count). The third-order valence-corrected chi connectivity index (χ3v) is 2.50. The van der Waals surface area contributed by atoms with Crippen molar-refractivity contribution in [3.63, 3.8) is 0 Å². The highest BCUT2D eigenvalue weighted by atomic mass is 32.2. The topological polar surface area (TPSA) is 75.6 Å². The van der Waals surface area contributed by atoms with Crippen LogP contribution in [-0.2, 0) is 10.5 Å². The van der Waals surface area contributed by atoms with E-state index in [0.29, 0.717) is 5.69 Å². The average Bonchev–Trinajstić information content (AvgIpc) is 2.28.